The molecule has 1 amide bonds. The van der Waals surface area contributed by atoms with E-state index in [0.717, 1.165) is 24.3 Å². The molecule has 8 heteroatoms. The summed E-state index contributed by atoms with van der Waals surface area (Å²) in [4.78, 5) is 11.7. The summed E-state index contributed by atoms with van der Waals surface area (Å²) >= 11 is 0. The minimum Gasteiger partial charge on any atom is -0.511 e. The summed E-state index contributed by atoms with van der Waals surface area (Å²) in [7, 11) is 0. The molecule has 21 heavy (non-hydrogen) atoms. The summed E-state index contributed by atoms with van der Waals surface area (Å²) in [6, 6.07) is 5.22. The lowest BCUT2D eigenvalue weighted by molar-refractivity contribution is -0.137. The zero-order valence-corrected chi connectivity index (χ0v) is 10.7. The van der Waals surface area contributed by atoms with Gasteiger partial charge in [-0.25, -0.2) is 0 Å². The van der Waals surface area contributed by atoms with E-state index < -0.39 is 29.0 Å². The van der Waals surface area contributed by atoms with Crippen LogP contribution >= 0.6 is 0 Å². The van der Waals surface area contributed by atoms with Crippen molar-refractivity contribution in [2.45, 2.75) is 12.6 Å². The standard InChI is InChI=1S/C13H12F3N3O2/c14-13(15,16)8-1-3-9(4-2-8)19-12(21)10(7-18)11(20)5-6-17/h1-4,20H,5-6,17H2,(H,19,21)/b11-10-. The Morgan fingerprint density at radius 1 is 1.33 bits per heavy atom. The van der Waals surface area contributed by atoms with Crippen molar-refractivity contribution in [1.29, 1.82) is 5.26 Å². The van der Waals surface area contributed by atoms with Crippen LogP contribution in [0.3, 0.4) is 0 Å². The largest absolute Gasteiger partial charge is 0.511 e. The van der Waals surface area contributed by atoms with Crippen molar-refractivity contribution in [3.8, 4) is 6.07 Å². The number of benzene rings is 1. The molecule has 0 saturated heterocycles. The number of aliphatic hydroxyl groups is 1. The van der Waals surface area contributed by atoms with Crippen LogP contribution in [-0.2, 0) is 11.0 Å². The van der Waals surface area contributed by atoms with Crippen molar-refractivity contribution in [2.24, 2.45) is 5.73 Å². The number of halogens is 3. The molecule has 0 spiro atoms. The van der Waals surface area contributed by atoms with E-state index in [-0.39, 0.29) is 18.7 Å². The maximum absolute atomic E-state index is 12.4. The van der Waals surface area contributed by atoms with E-state index in [2.05, 4.69) is 5.32 Å². The highest BCUT2D eigenvalue weighted by atomic mass is 19.4. The number of rotatable bonds is 4. The molecule has 0 aliphatic rings. The molecule has 0 heterocycles. The summed E-state index contributed by atoms with van der Waals surface area (Å²) < 4.78 is 37.1. The number of alkyl halides is 3. The van der Waals surface area contributed by atoms with Crippen LogP contribution in [0.25, 0.3) is 0 Å². The highest BCUT2D eigenvalue weighted by Gasteiger charge is 2.30. The Morgan fingerprint density at radius 3 is 2.33 bits per heavy atom. The second kappa shape index (κ2) is 6.76. The first-order chi connectivity index (χ1) is 9.79. The summed E-state index contributed by atoms with van der Waals surface area (Å²) in [5.74, 6) is -1.38. The number of carbonyl (C=O) groups excluding carboxylic acids is 1. The number of hydrogen-bond acceptors (Lipinski definition) is 4. The van der Waals surface area contributed by atoms with Gasteiger partial charge in [0.15, 0.2) is 5.57 Å². The molecule has 1 rings (SSSR count). The summed E-state index contributed by atoms with van der Waals surface area (Å²) in [6.45, 7) is 0.0462. The third kappa shape index (κ3) is 4.50. The predicted octanol–water partition coefficient (Wildman–Crippen LogP) is 2.33. The SMILES string of the molecule is N#C/C(C(=O)Nc1ccc(C(F)(F)F)cc1)=C(/O)CCN. The highest BCUT2D eigenvalue weighted by Crippen LogP contribution is 2.29. The molecule has 0 atom stereocenters. The predicted molar refractivity (Wildman–Crippen MR) is 69.0 cm³/mol. The molecule has 1 aromatic carbocycles. The Morgan fingerprint density at radius 2 is 1.90 bits per heavy atom. The van der Waals surface area contributed by atoms with Crippen LogP contribution in [0.15, 0.2) is 35.6 Å². The van der Waals surface area contributed by atoms with Gasteiger partial charge in [0.05, 0.1) is 5.56 Å². The molecular formula is C13H12F3N3O2. The molecular weight excluding hydrogens is 287 g/mol. The van der Waals surface area contributed by atoms with Crippen LogP contribution in [0.1, 0.15) is 12.0 Å². The van der Waals surface area contributed by atoms with E-state index in [9.17, 15) is 23.1 Å². The van der Waals surface area contributed by atoms with E-state index >= 15 is 0 Å². The molecule has 0 radical (unpaired) electrons. The molecule has 0 bridgehead atoms. The number of nitrogens with zero attached hydrogens (tertiary/aromatic N) is 1. The van der Waals surface area contributed by atoms with E-state index in [1.807, 2.05) is 0 Å². The minimum absolute atomic E-state index is 0.0462. The Labute approximate surface area is 118 Å². The Kier molecular flexibility index (Phi) is 5.32. The van der Waals surface area contributed by atoms with E-state index in [4.69, 9.17) is 11.0 Å². The normalized spacial score (nSPS) is 12.3. The third-order valence-electron chi connectivity index (χ3n) is 2.48. The fourth-order valence-electron chi connectivity index (χ4n) is 1.44. The minimum atomic E-state index is -4.47. The lowest BCUT2D eigenvalue weighted by Gasteiger charge is -2.09. The topological polar surface area (TPSA) is 99.1 Å². The molecule has 0 unspecified atom stereocenters. The molecule has 5 nitrogen and oxygen atoms in total. The Balaban J connectivity index is 2.89. The quantitative estimate of drug-likeness (QED) is 0.451. The van der Waals surface area contributed by atoms with Crippen LogP contribution in [-0.4, -0.2) is 17.6 Å². The van der Waals surface area contributed by atoms with Gasteiger partial charge in [0, 0.05) is 12.1 Å². The highest BCUT2D eigenvalue weighted by molar-refractivity contribution is 6.06. The fourth-order valence-corrected chi connectivity index (χ4v) is 1.44. The van der Waals surface area contributed by atoms with E-state index in [0.29, 0.717) is 0 Å². The van der Waals surface area contributed by atoms with Gasteiger partial charge in [-0.15, -0.1) is 0 Å². The average molecular weight is 299 g/mol. The van der Waals surface area contributed by atoms with Gasteiger partial charge in [-0.3, -0.25) is 4.79 Å². The van der Waals surface area contributed by atoms with Crippen molar-refractivity contribution in [1.82, 2.24) is 0 Å². The number of nitrogens with one attached hydrogen (secondary N) is 1. The number of carbonyl (C=O) groups is 1. The molecule has 0 saturated carbocycles. The van der Waals surface area contributed by atoms with Gasteiger partial charge in [-0.2, -0.15) is 18.4 Å². The number of amides is 1. The van der Waals surface area contributed by atoms with Crippen LogP contribution in [0.4, 0.5) is 18.9 Å². The molecule has 0 fully saturated rings. The first-order valence-corrected chi connectivity index (χ1v) is 5.80. The van der Waals surface area contributed by atoms with Crippen molar-refractivity contribution in [2.75, 3.05) is 11.9 Å². The van der Waals surface area contributed by atoms with Gasteiger partial charge in [-0.05, 0) is 30.8 Å². The van der Waals surface area contributed by atoms with Crippen LogP contribution in [0.2, 0.25) is 0 Å². The zero-order valence-electron chi connectivity index (χ0n) is 10.7. The number of nitrogens with two attached hydrogens (primary N) is 1. The maximum atomic E-state index is 12.4. The van der Waals surface area contributed by atoms with Gasteiger partial charge < -0.3 is 16.2 Å². The molecule has 0 aromatic heterocycles. The first kappa shape index (κ1) is 16.5. The van der Waals surface area contributed by atoms with Gasteiger partial charge in [0.1, 0.15) is 11.8 Å². The van der Waals surface area contributed by atoms with Crippen molar-refractivity contribution >= 4 is 11.6 Å². The van der Waals surface area contributed by atoms with Crippen molar-refractivity contribution in [3.63, 3.8) is 0 Å². The van der Waals surface area contributed by atoms with Crippen LogP contribution < -0.4 is 11.1 Å². The summed E-state index contributed by atoms with van der Waals surface area (Å²) in [5, 5.41) is 20.5. The Hall–Kier alpha value is -2.53. The second-order valence-electron chi connectivity index (χ2n) is 4.00. The van der Waals surface area contributed by atoms with Gasteiger partial charge >= 0.3 is 6.18 Å². The molecule has 0 aliphatic carbocycles. The van der Waals surface area contributed by atoms with E-state index in [1.54, 1.807) is 0 Å². The number of anilines is 1. The van der Waals surface area contributed by atoms with Gasteiger partial charge in [0.25, 0.3) is 5.91 Å². The first-order valence-electron chi connectivity index (χ1n) is 5.80. The van der Waals surface area contributed by atoms with Crippen molar-refractivity contribution < 1.29 is 23.1 Å². The Bertz CT molecular complexity index is 586. The fraction of sp³-hybridized carbons (Fsp3) is 0.231. The van der Waals surface area contributed by atoms with Crippen LogP contribution in [0, 0.1) is 11.3 Å². The average Bonchev–Trinajstić information content (AvgIpc) is 2.39. The smallest absolute Gasteiger partial charge is 0.416 e. The number of hydrogen-bond donors (Lipinski definition) is 3. The van der Waals surface area contributed by atoms with Crippen molar-refractivity contribution in [3.05, 3.63) is 41.2 Å². The van der Waals surface area contributed by atoms with Gasteiger partial charge in [-0.1, -0.05) is 0 Å². The molecule has 0 aliphatic heterocycles. The monoisotopic (exact) mass is 299 g/mol. The van der Waals surface area contributed by atoms with Crippen LogP contribution in [0.5, 0.6) is 0 Å². The lowest BCUT2D eigenvalue weighted by Crippen LogP contribution is -2.16. The number of aliphatic hydroxyl groups excluding tert-OH is 1. The van der Waals surface area contributed by atoms with E-state index in [1.165, 1.54) is 6.07 Å². The third-order valence-corrected chi connectivity index (χ3v) is 2.48. The lowest BCUT2D eigenvalue weighted by atomic mass is 10.1. The summed E-state index contributed by atoms with van der Waals surface area (Å²) in [6.07, 6.45) is -4.52. The maximum Gasteiger partial charge on any atom is 0.416 e. The molecule has 1 aromatic rings. The van der Waals surface area contributed by atoms with Gasteiger partial charge in [0.2, 0.25) is 0 Å². The second-order valence-corrected chi connectivity index (χ2v) is 4.00. The number of nitriles is 1. The summed E-state index contributed by atoms with van der Waals surface area (Å²) in [5.41, 5.74) is 3.87. The molecule has 4 N–H and O–H groups in total. The zero-order chi connectivity index (χ0) is 16.0. The molecule has 112 valence electrons.